The van der Waals surface area contributed by atoms with Crippen LogP contribution in [0.3, 0.4) is 0 Å². The third kappa shape index (κ3) is 2.96. The van der Waals surface area contributed by atoms with Crippen LogP contribution in [0.25, 0.3) is 0 Å². The molecule has 0 aliphatic carbocycles. The zero-order valence-corrected chi connectivity index (χ0v) is 14.6. The van der Waals surface area contributed by atoms with Crippen molar-refractivity contribution in [2.24, 2.45) is 5.73 Å². The Morgan fingerprint density at radius 3 is 2.71 bits per heavy atom. The van der Waals surface area contributed by atoms with Crippen molar-refractivity contribution in [3.63, 3.8) is 0 Å². The summed E-state index contributed by atoms with van der Waals surface area (Å²) in [5.41, 5.74) is 8.41. The number of rotatable bonds is 2. The predicted octanol–water partition coefficient (Wildman–Crippen LogP) is 4.74. The Kier molecular flexibility index (Phi) is 4.24. The molecule has 0 aromatic heterocycles. The summed E-state index contributed by atoms with van der Waals surface area (Å²) in [6, 6.07) is 11.8. The molecule has 2 aromatic rings. The van der Waals surface area contributed by atoms with Crippen molar-refractivity contribution in [2.75, 3.05) is 7.11 Å². The van der Waals surface area contributed by atoms with Crippen molar-refractivity contribution in [2.45, 2.75) is 18.6 Å². The minimum atomic E-state index is -0.0850. The van der Waals surface area contributed by atoms with E-state index in [-0.39, 0.29) is 12.1 Å². The van der Waals surface area contributed by atoms with Crippen molar-refractivity contribution in [3.05, 3.63) is 56.5 Å². The maximum Gasteiger partial charge on any atom is 0.127 e. The molecule has 0 amide bonds. The molecule has 0 fully saturated rings. The average Bonchev–Trinajstić information content (AvgIpc) is 2.48. The van der Waals surface area contributed by atoms with Crippen LogP contribution < -0.4 is 15.2 Å². The molecule has 3 rings (SSSR count). The van der Waals surface area contributed by atoms with Crippen LogP contribution in [0.1, 0.15) is 29.7 Å². The molecule has 0 saturated heterocycles. The largest absolute Gasteiger partial charge is 0.497 e. The third-order valence-electron chi connectivity index (χ3n) is 3.66. The van der Waals surface area contributed by atoms with E-state index in [2.05, 4.69) is 31.9 Å². The number of ether oxygens (including phenoxy) is 2. The fourth-order valence-corrected chi connectivity index (χ4v) is 3.44. The molecule has 2 atom stereocenters. The molecule has 1 aliphatic rings. The molecule has 3 nitrogen and oxygen atoms in total. The first-order valence-electron chi connectivity index (χ1n) is 6.63. The summed E-state index contributed by atoms with van der Waals surface area (Å²) >= 11 is 7.06. The van der Waals surface area contributed by atoms with Crippen LogP contribution in [0, 0.1) is 0 Å². The van der Waals surface area contributed by atoms with Gasteiger partial charge >= 0.3 is 0 Å². The molecule has 5 heteroatoms. The summed E-state index contributed by atoms with van der Waals surface area (Å²) in [4.78, 5) is 0. The van der Waals surface area contributed by atoms with E-state index in [1.54, 1.807) is 7.11 Å². The second-order valence-electron chi connectivity index (χ2n) is 5.02. The molecule has 21 heavy (non-hydrogen) atoms. The minimum Gasteiger partial charge on any atom is -0.497 e. The average molecular weight is 413 g/mol. The number of benzene rings is 2. The normalized spacial score (nSPS) is 20.6. The Bertz CT molecular complexity index is 675. The van der Waals surface area contributed by atoms with E-state index < -0.39 is 0 Å². The van der Waals surface area contributed by atoms with Gasteiger partial charge in [0, 0.05) is 32.5 Å². The molecule has 110 valence electrons. The maximum absolute atomic E-state index is 6.32. The van der Waals surface area contributed by atoms with Crippen LogP contribution in [0.5, 0.6) is 11.5 Å². The zero-order valence-electron chi connectivity index (χ0n) is 11.5. The third-order valence-corrected chi connectivity index (χ3v) is 4.87. The molecular weight excluding hydrogens is 398 g/mol. The highest BCUT2D eigenvalue weighted by molar-refractivity contribution is 9.10. The Morgan fingerprint density at radius 1 is 1.14 bits per heavy atom. The summed E-state index contributed by atoms with van der Waals surface area (Å²) in [7, 11) is 1.66. The molecule has 0 bridgehead atoms. The zero-order chi connectivity index (χ0) is 15.0. The lowest BCUT2D eigenvalue weighted by Gasteiger charge is -2.31. The molecule has 1 heterocycles. The molecule has 1 unspecified atom stereocenters. The van der Waals surface area contributed by atoms with Gasteiger partial charge in [0.05, 0.1) is 7.11 Å². The fourth-order valence-electron chi connectivity index (χ4n) is 2.56. The van der Waals surface area contributed by atoms with Gasteiger partial charge in [0.2, 0.25) is 0 Å². The maximum atomic E-state index is 6.32. The molecule has 0 saturated carbocycles. The van der Waals surface area contributed by atoms with Gasteiger partial charge in [0.15, 0.2) is 0 Å². The highest BCUT2D eigenvalue weighted by Gasteiger charge is 2.28. The monoisotopic (exact) mass is 411 g/mol. The van der Waals surface area contributed by atoms with Gasteiger partial charge < -0.3 is 15.2 Å². The van der Waals surface area contributed by atoms with Crippen molar-refractivity contribution in [1.29, 1.82) is 0 Å². The topological polar surface area (TPSA) is 44.5 Å². The summed E-state index contributed by atoms with van der Waals surface area (Å²) in [5.74, 6) is 1.66. The van der Waals surface area contributed by atoms with Gasteiger partial charge in [-0.2, -0.15) is 0 Å². The lowest BCUT2D eigenvalue weighted by atomic mass is 9.93. The van der Waals surface area contributed by atoms with E-state index in [0.29, 0.717) is 0 Å². The van der Waals surface area contributed by atoms with Crippen molar-refractivity contribution < 1.29 is 9.47 Å². The molecule has 2 N–H and O–H groups in total. The second kappa shape index (κ2) is 5.99. The Morgan fingerprint density at radius 2 is 1.95 bits per heavy atom. The van der Waals surface area contributed by atoms with Gasteiger partial charge in [-0.05, 0) is 36.4 Å². The van der Waals surface area contributed by atoms with Crippen LogP contribution in [0.4, 0.5) is 0 Å². The van der Waals surface area contributed by atoms with Crippen LogP contribution >= 0.6 is 31.9 Å². The van der Waals surface area contributed by atoms with Gasteiger partial charge in [-0.15, -0.1) is 0 Å². The van der Waals surface area contributed by atoms with Crippen molar-refractivity contribution in [1.82, 2.24) is 0 Å². The fraction of sp³-hybridized carbons (Fsp3) is 0.250. The predicted molar refractivity (Wildman–Crippen MR) is 89.8 cm³/mol. The summed E-state index contributed by atoms with van der Waals surface area (Å²) in [6.45, 7) is 0. The van der Waals surface area contributed by atoms with E-state index in [9.17, 15) is 0 Å². The lowest BCUT2D eigenvalue weighted by Crippen LogP contribution is -2.24. The highest BCUT2D eigenvalue weighted by Crippen LogP contribution is 2.43. The molecule has 0 spiro atoms. The summed E-state index contributed by atoms with van der Waals surface area (Å²) in [5, 5.41) is 0. The van der Waals surface area contributed by atoms with E-state index in [4.69, 9.17) is 15.2 Å². The van der Waals surface area contributed by atoms with Gasteiger partial charge in [-0.25, -0.2) is 0 Å². The van der Waals surface area contributed by atoms with Gasteiger partial charge in [0.1, 0.15) is 17.6 Å². The second-order valence-corrected chi connectivity index (χ2v) is 6.79. The number of fused-ring (bicyclic) bond motifs is 1. The van der Waals surface area contributed by atoms with Crippen LogP contribution in [0.15, 0.2) is 45.3 Å². The number of hydrogen-bond donors (Lipinski definition) is 1. The lowest BCUT2D eigenvalue weighted by molar-refractivity contribution is 0.160. The Hall–Kier alpha value is -1.04. The standard InChI is InChI=1S/C16H15Br2NO2/c1-20-10-3-4-13(18)11(7-10)16-8-14(19)12-6-9(17)2-5-15(12)21-16/h2-7,14,16H,8,19H2,1H3/t14-,16?/m0/s1. The van der Waals surface area contributed by atoms with Gasteiger partial charge in [-0.1, -0.05) is 31.9 Å². The van der Waals surface area contributed by atoms with Crippen LogP contribution in [0.2, 0.25) is 0 Å². The molecule has 0 radical (unpaired) electrons. The number of halogens is 2. The van der Waals surface area contributed by atoms with E-state index in [1.165, 1.54) is 0 Å². The summed E-state index contributed by atoms with van der Waals surface area (Å²) < 4.78 is 13.5. The molecular formula is C16H15Br2NO2. The highest BCUT2D eigenvalue weighted by atomic mass is 79.9. The van der Waals surface area contributed by atoms with Crippen molar-refractivity contribution >= 4 is 31.9 Å². The van der Waals surface area contributed by atoms with Gasteiger partial charge in [0.25, 0.3) is 0 Å². The first-order chi connectivity index (χ1) is 10.1. The first kappa shape index (κ1) is 14.9. The first-order valence-corrected chi connectivity index (χ1v) is 8.22. The Labute approximate surface area is 140 Å². The SMILES string of the molecule is COc1ccc(Br)c(C2C[C@H](N)c3cc(Br)ccc3O2)c1. The Balaban J connectivity index is 1.97. The number of hydrogen-bond acceptors (Lipinski definition) is 3. The van der Waals surface area contributed by atoms with Gasteiger partial charge in [-0.3, -0.25) is 0 Å². The van der Waals surface area contributed by atoms with E-state index in [0.717, 1.165) is 38.0 Å². The van der Waals surface area contributed by atoms with Crippen LogP contribution in [-0.4, -0.2) is 7.11 Å². The van der Waals surface area contributed by atoms with E-state index >= 15 is 0 Å². The number of nitrogens with two attached hydrogens (primary N) is 1. The smallest absolute Gasteiger partial charge is 0.127 e. The van der Waals surface area contributed by atoms with E-state index in [1.807, 2.05) is 36.4 Å². The van der Waals surface area contributed by atoms with Crippen molar-refractivity contribution in [3.8, 4) is 11.5 Å². The quantitative estimate of drug-likeness (QED) is 0.774. The summed E-state index contributed by atoms with van der Waals surface area (Å²) in [6.07, 6.45) is 0.646. The van der Waals surface area contributed by atoms with Crippen LogP contribution in [-0.2, 0) is 0 Å². The number of methoxy groups -OCH3 is 1. The molecule has 1 aliphatic heterocycles. The minimum absolute atomic E-state index is 0.0469. The molecule has 2 aromatic carbocycles.